The highest BCUT2D eigenvalue weighted by atomic mass is 16.6. The van der Waals surface area contributed by atoms with Crippen LogP contribution in [0.2, 0.25) is 0 Å². The van der Waals surface area contributed by atoms with Gasteiger partial charge in [0.2, 0.25) is 0 Å². The Balaban J connectivity index is 0.000000503. The van der Waals surface area contributed by atoms with Gasteiger partial charge < -0.3 is 45.2 Å². The first-order valence-corrected chi connectivity index (χ1v) is 18.9. The van der Waals surface area contributed by atoms with Crippen LogP contribution in [0.1, 0.15) is 120 Å². The maximum Gasteiger partial charge on any atom is 0.338 e. The van der Waals surface area contributed by atoms with Gasteiger partial charge in [-0.3, -0.25) is 0 Å². The Morgan fingerprint density at radius 1 is 0.490 bits per heavy atom. The fourth-order valence-electron chi connectivity index (χ4n) is 7.62. The Morgan fingerprint density at radius 3 is 1.06 bits per heavy atom. The molecule has 0 saturated heterocycles. The third kappa shape index (κ3) is 15.3. The minimum Gasteiger partial charge on any atom is -0.479 e. The van der Waals surface area contributed by atoms with Crippen molar-refractivity contribution in [2.75, 3.05) is 0 Å². The fourth-order valence-corrected chi connectivity index (χ4v) is 7.62. The summed E-state index contributed by atoms with van der Waals surface area (Å²) in [6, 6.07) is 0. The molecule has 0 aromatic rings. The molecular weight excluding hydrogens is 664 g/mol. The molecule has 3 fully saturated rings. The Hall–Kier alpha value is -2.32. The molecule has 3 rings (SSSR count). The molecule has 0 aliphatic heterocycles. The summed E-state index contributed by atoms with van der Waals surface area (Å²) in [5.74, 6) is -1.46. The van der Waals surface area contributed by atoms with Gasteiger partial charge in [0.25, 0.3) is 0 Å². The standard InChI is InChI=1S/C24H42O6.C10H20O.C4H6O6/c1-13(2)17-9-7-15(5)11-19(17)29-23(27)21(25)22(26)24(28)30-20-12-16(6)8-10-18(20)14(3)4;1-7(2)9-5-4-8(3)6-10(9)11;5-1(3(7)8)2(6)4(9)10/h13-22,25-26H,7-12H2,1-6H3;7-11H,4-6H2,1-3H3;1-2,5-6H,(H,7,8)(H,9,10)/t15?,16?,17?,18?,19?,20?,21-,22-;;1-,2-/m1.1/s1. The van der Waals surface area contributed by atoms with Crippen LogP contribution >= 0.6 is 0 Å². The Labute approximate surface area is 304 Å². The van der Waals surface area contributed by atoms with Gasteiger partial charge in [-0.25, -0.2) is 19.2 Å². The number of esters is 2. The van der Waals surface area contributed by atoms with E-state index in [4.69, 9.17) is 29.9 Å². The van der Waals surface area contributed by atoms with Gasteiger partial charge in [-0.15, -0.1) is 0 Å². The summed E-state index contributed by atoms with van der Waals surface area (Å²) in [5, 5.41) is 62.9. The molecule has 3 aliphatic rings. The minimum absolute atomic E-state index is 0.0289. The van der Waals surface area contributed by atoms with E-state index < -0.39 is 48.3 Å². The molecule has 0 radical (unpaired) electrons. The summed E-state index contributed by atoms with van der Waals surface area (Å²) in [4.78, 5) is 44.6. The van der Waals surface area contributed by atoms with Crippen LogP contribution in [-0.4, -0.2) is 102 Å². The van der Waals surface area contributed by atoms with Gasteiger partial charge in [-0.1, -0.05) is 81.6 Å². The quantitative estimate of drug-likeness (QED) is 0.149. The summed E-state index contributed by atoms with van der Waals surface area (Å²) in [7, 11) is 0. The molecule has 3 aliphatic carbocycles. The van der Waals surface area contributed by atoms with Gasteiger partial charge in [0, 0.05) is 0 Å². The molecule has 0 amide bonds. The average molecular weight is 733 g/mol. The zero-order chi connectivity index (χ0) is 39.3. The molecule has 298 valence electrons. The number of carboxylic acid groups (broad SMARTS) is 2. The maximum atomic E-state index is 12.5. The number of carboxylic acids is 2. The summed E-state index contributed by atoms with van der Waals surface area (Å²) < 4.78 is 11.2. The second kappa shape index (κ2) is 22.0. The molecule has 3 saturated carbocycles. The second-order valence-corrected chi connectivity index (χ2v) is 16.5. The fraction of sp³-hybridized carbons (Fsp3) is 0.895. The minimum atomic E-state index is -2.27. The topological polar surface area (TPSA) is 228 Å². The summed E-state index contributed by atoms with van der Waals surface area (Å²) >= 11 is 0. The van der Waals surface area contributed by atoms with Crippen molar-refractivity contribution in [1.82, 2.24) is 0 Å². The molecule has 13 nitrogen and oxygen atoms in total. The van der Waals surface area contributed by atoms with Crippen LogP contribution < -0.4 is 0 Å². The van der Waals surface area contributed by atoms with Crippen molar-refractivity contribution in [1.29, 1.82) is 0 Å². The third-order valence-electron chi connectivity index (χ3n) is 11.0. The number of rotatable bonds is 11. The van der Waals surface area contributed by atoms with Gasteiger partial charge in [-0.05, 0) is 91.8 Å². The molecular formula is C38H68O13. The van der Waals surface area contributed by atoms with Crippen molar-refractivity contribution >= 4 is 23.9 Å². The summed E-state index contributed by atoms with van der Waals surface area (Å²) in [5.41, 5.74) is 0. The van der Waals surface area contributed by atoms with Crippen molar-refractivity contribution in [2.45, 2.75) is 163 Å². The van der Waals surface area contributed by atoms with Crippen LogP contribution in [0.4, 0.5) is 0 Å². The normalized spacial score (nSPS) is 31.9. The molecule has 0 heterocycles. The largest absolute Gasteiger partial charge is 0.479 e. The van der Waals surface area contributed by atoms with Crippen LogP contribution in [0.5, 0.6) is 0 Å². The van der Waals surface area contributed by atoms with E-state index in [0.29, 0.717) is 35.5 Å². The molecule has 0 aromatic heterocycles. The zero-order valence-electron chi connectivity index (χ0n) is 32.2. The SMILES string of the molecule is CC1CCC(C(C)C)C(O)C1.CC1CCC(C(C)C)C(OC(=O)[C@H](O)[C@@H](O)C(=O)OC2CC(C)CCC2C(C)C)C1.O=C(O)[C@H](O)[C@@H](O)C(=O)O. The van der Waals surface area contributed by atoms with E-state index >= 15 is 0 Å². The number of aliphatic hydroxyl groups is 5. The van der Waals surface area contributed by atoms with E-state index in [1.165, 1.54) is 12.8 Å². The number of carbonyl (C=O) groups is 4. The van der Waals surface area contributed by atoms with Gasteiger partial charge in [0.05, 0.1) is 6.10 Å². The monoisotopic (exact) mass is 732 g/mol. The number of ether oxygens (including phenoxy) is 2. The molecule has 0 aromatic carbocycles. The molecule has 13 atom stereocenters. The first-order valence-electron chi connectivity index (χ1n) is 18.9. The van der Waals surface area contributed by atoms with Crippen LogP contribution in [0.15, 0.2) is 0 Å². The van der Waals surface area contributed by atoms with Gasteiger partial charge in [0.1, 0.15) is 12.2 Å². The van der Waals surface area contributed by atoms with Crippen molar-refractivity contribution < 1.29 is 64.4 Å². The summed E-state index contributed by atoms with van der Waals surface area (Å²) in [6.45, 7) is 19.3. The number of hydrogen-bond acceptors (Lipinski definition) is 11. The van der Waals surface area contributed by atoms with Crippen molar-refractivity contribution in [2.24, 2.45) is 53.3 Å². The van der Waals surface area contributed by atoms with E-state index in [1.54, 1.807) is 0 Å². The highest BCUT2D eigenvalue weighted by Gasteiger charge is 2.41. The third-order valence-corrected chi connectivity index (χ3v) is 11.0. The van der Waals surface area contributed by atoms with Crippen LogP contribution in [0.3, 0.4) is 0 Å². The molecule has 13 heteroatoms. The van der Waals surface area contributed by atoms with E-state index in [9.17, 15) is 34.5 Å². The Morgan fingerprint density at radius 2 is 0.784 bits per heavy atom. The highest BCUT2D eigenvalue weighted by Crippen LogP contribution is 2.37. The lowest BCUT2D eigenvalue weighted by molar-refractivity contribution is -0.185. The molecule has 0 spiro atoms. The lowest BCUT2D eigenvalue weighted by Gasteiger charge is -2.38. The van der Waals surface area contributed by atoms with Gasteiger partial charge in [-0.2, -0.15) is 0 Å². The first-order chi connectivity index (χ1) is 23.6. The zero-order valence-corrected chi connectivity index (χ0v) is 32.2. The first kappa shape index (κ1) is 46.7. The van der Waals surface area contributed by atoms with Crippen molar-refractivity contribution in [3.05, 3.63) is 0 Å². The molecule has 9 unspecified atom stereocenters. The van der Waals surface area contributed by atoms with Gasteiger partial charge >= 0.3 is 23.9 Å². The number of carbonyl (C=O) groups excluding carboxylic acids is 2. The number of hydrogen-bond donors (Lipinski definition) is 7. The second-order valence-electron chi connectivity index (χ2n) is 16.5. The van der Waals surface area contributed by atoms with E-state index in [-0.39, 0.29) is 30.1 Å². The Kier molecular flexibility index (Phi) is 20.2. The lowest BCUT2D eigenvalue weighted by atomic mass is 9.75. The van der Waals surface area contributed by atoms with Crippen LogP contribution in [0.25, 0.3) is 0 Å². The summed E-state index contributed by atoms with van der Waals surface area (Å²) in [6.07, 6.45) is 0.0970. The predicted molar refractivity (Wildman–Crippen MR) is 189 cm³/mol. The van der Waals surface area contributed by atoms with Crippen LogP contribution in [0, 0.1) is 53.3 Å². The van der Waals surface area contributed by atoms with Crippen LogP contribution in [-0.2, 0) is 28.7 Å². The smallest absolute Gasteiger partial charge is 0.338 e. The van der Waals surface area contributed by atoms with Crippen molar-refractivity contribution in [3.8, 4) is 0 Å². The Bertz CT molecular complexity index is 1010. The van der Waals surface area contributed by atoms with Crippen molar-refractivity contribution in [3.63, 3.8) is 0 Å². The maximum absolute atomic E-state index is 12.5. The van der Waals surface area contributed by atoms with E-state index in [2.05, 4.69) is 62.3 Å². The number of aliphatic carboxylic acids is 2. The predicted octanol–water partition coefficient (Wildman–Crippen LogP) is 4.03. The molecule has 0 bridgehead atoms. The molecule has 51 heavy (non-hydrogen) atoms. The van der Waals surface area contributed by atoms with E-state index in [1.807, 2.05) is 0 Å². The molecule has 7 N–H and O–H groups in total. The lowest BCUT2D eigenvalue weighted by Crippen LogP contribution is -2.47. The highest BCUT2D eigenvalue weighted by molar-refractivity contribution is 5.85. The van der Waals surface area contributed by atoms with E-state index in [0.717, 1.165) is 50.9 Å². The van der Waals surface area contributed by atoms with Gasteiger partial charge in [0.15, 0.2) is 24.4 Å². The average Bonchev–Trinajstić information content (AvgIpc) is 3.03. The number of aliphatic hydroxyl groups excluding tert-OH is 5.